The summed E-state index contributed by atoms with van der Waals surface area (Å²) in [5.74, 6) is 0.861. The molecule has 5 heteroatoms. The van der Waals surface area contributed by atoms with Crippen LogP contribution < -0.4 is 10.2 Å². The van der Waals surface area contributed by atoms with Crippen molar-refractivity contribution in [2.45, 2.75) is 26.3 Å². The molecule has 0 aromatic carbocycles. The van der Waals surface area contributed by atoms with Crippen molar-refractivity contribution in [3.05, 3.63) is 53.5 Å². The van der Waals surface area contributed by atoms with E-state index in [4.69, 9.17) is 0 Å². The number of pyridine rings is 2. The van der Waals surface area contributed by atoms with Crippen LogP contribution in [0.1, 0.15) is 34.6 Å². The second-order valence-corrected chi connectivity index (χ2v) is 5.57. The summed E-state index contributed by atoms with van der Waals surface area (Å²) in [7, 11) is 0. The van der Waals surface area contributed by atoms with Gasteiger partial charge in [0.1, 0.15) is 11.5 Å². The summed E-state index contributed by atoms with van der Waals surface area (Å²) in [6, 6.07) is 9.47. The molecule has 0 aliphatic carbocycles. The minimum Gasteiger partial charge on any atom is -0.357 e. The molecule has 1 saturated heterocycles. The molecule has 22 heavy (non-hydrogen) atoms. The lowest BCUT2D eigenvalue weighted by Gasteiger charge is -2.16. The normalized spacial score (nSPS) is 14.1. The van der Waals surface area contributed by atoms with Crippen LogP contribution >= 0.6 is 0 Å². The fraction of sp³-hybridized carbons (Fsp3) is 0.353. The molecule has 0 saturated carbocycles. The van der Waals surface area contributed by atoms with Crippen LogP contribution in [-0.4, -0.2) is 29.0 Å². The van der Waals surface area contributed by atoms with Crippen molar-refractivity contribution < 1.29 is 4.79 Å². The predicted molar refractivity (Wildman–Crippen MR) is 85.8 cm³/mol. The Morgan fingerprint density at radius 2 is 2.05 bits per heavy atom. The van der Waals surface area contributed by atoms with E-state index in [1.807, 2.05) is 37.4 Å². The molecule has 0 unspecified atom stereocenters. The highest BCUT2D eigenvalue weighted by Crippen LogP contribution is 2.17. The highest BCUT2D eigenvalue weighted by atomic mass is 16.1. The molecule has 1 aliphatic rings. The zero-order chi connectivity index (χ0) is 15.4. The Hall–Kier alpha value is -2.43. The lowest BCUT2D eigenvalue weighted by atomic mass is 10.2. The zero-order valence-electron chi connectivity index (χ0n) is 12.7. The van der Waals surface area contributed by atoms with Crippen LogP contribution in [-0.2, 0) is 6.54 Å². The van der Waals surface area contributed by atoms with Crippen LogP contribution in [0.4, 0.5) is 5.82 Å². The van der Waals surface area contributed by atoms with Gasteiger partial charge in [-0.15, -0.1) is 0 Å². The van der Waals surface area contributed by atoms with E-state index in [-0.39, 0.29) is 5.91 Å². The Labute approximate surface area is 130 Å². The second-order valence-electron chi connectivity index (χ2n) is 5.57. The third-order valence-corrected chi connectivity index (χ3v) is 3.81. The quantitative estimate of drug-likeness (QED) is 0.940. The number of nitrogens with zero attached hydrogens (tertiary/aromatic N) is 3. The van der Waals surface area contributed by atoms with E-state index in [2.05, 4.69) is 20.2 Å². The van der Waals surface area contributed by atoms with Gasteiger partial charge in [0.15, 0.2) is 0 Å². The number of carbonyl (C=O) groups is 1. The number of nitrogens with one attached hydrogen (secondary N) is 1. The summed E-state index contributed by atoms with van der Waals surface area (Å²) in [4.78, 5) is 23.0. The van der Waals surface area contributed by atoms with E-state index >= 15 is 0 Å². The molecular formula is C17H20N4O. The second kappa shape index (κ2) is 6.56. The van der Waals surface area contributed by atoms with E-state index in [0.29, 0.717) is 12.2 Å². The van der Waals surface area contributed by atoms with Gasteiger partial charge in [-0.1, -0.05) is 12.1 Å². The summed E-state index contributed by atoms with van der Waals surface area (Å²) in [6.45, 7) is 4.50. The molecule has 2 aromatic heterocycles. The number of amides is 1. The number of rotatable bonds is 4. The number of aromatic nitrogens is 2. The van der Waals surface area contributed by atoms with Gasteiger partial charge >= 0.3 is 0 Å². The van der Waals surface area contributed by atoms with Gasteiger partial charge < -0.3 is 10.2 Å². The van der Waals surface area contributed by atoms with Crippen molar-refractivity contribution in [3.63, 3.8) is 0 Å². The first-order valence-corrected chi connectivity index (χ1v) is 7.64. The Balaban J connectivity index is 1.58. The predicted octanol–water partition coefficient (Wildman–Crippen LogP) is 2.32. The summed E-state index contributed by atoms with van der Waals surface area (Å²) in [5, 5.41) is 2.88. The first-order chi connectivity index (χ1) is 10.7. The van der Waals surface area contributed by atoms with Crippen LogP contribution in [0.5, 0.6) is 0 Å². The number of carbonyl (C=O) groups excluding carboxylic acids is 1. The Morgan fingerprint density at radius 1 is 1.23 bits per heavy atom. The molecule has 0 spiro atoms. The molecule has 1 amide bonds. The summed E-state index contributed by atoms with van der Waals surface area (Å²) in [6.07, 6.45) is 4.31. The first kappa shape index (κ1) is 14.5. The fourth-order valence-electron chi connectivity index (χ4n) is 2.60. The SMILES string of the molecule is Cc1cccc(C(=O)NCc2ccc(N3CCCC3)nc2)n1. The van der Waals surface area contributed by atoms with Crippen molar-refractivity contribution in [2.24, 2.45) is 0 Å². The number of anilines is 1. The Bertz CT molecular complexity index is 648. The van der Waals surface area contributed by atoms with Crippen LogP contribution in [0.2, 0.25) is 0 Å². The van der Waals surface area contributed by atoms with Crippen molar-refractivity contribution in [1.29, 1.82) is 0 Å². The van der Waals surface area contributed by atoms with Gasteiger partial charge in [-0.05, 0) is 43.5 Å². The Kier molecular flexibility index (Phi) is 4.32. The summed E-state index contributed by atoms with van der Waals surface area (Å²) < 4.78 is 0. The molecule has 5 nitrogen and oxygen atoms in total. The molecule has 3 rings (SSSR count). The number of aryl methyl sites for hydroxylation is 1. The van der Waals surface area contributed by atoms with E-state index in [9.17, 15) is 4.79 Å². The molecule has 2 aromatic rings. The van der Waals surface area contributed by atoms with Crippen molar-refractivity contribution in [2.75, 3.05) is 18.0 Å². The first-order valence-electron chi connectivity index (χ1n) is 7.64. The van der Waals surface area contributed by atoms with Crippen LogP contribution in [0, 0.1) is 6.92 Å². The zero-order valence-corrected chi connectivity index (χ0v) is 12.7. The molecule has 0 atom stereocenters. The maximum Gasteiger partial charge on any atom is 0.270 e. The minimum absolute atomic E-state index is 0.160. The number of hydrogen-bond acceptors (Lipinski definition) is 4. The van der Waals surface area contributed by atoms with E-state index in [0.717, 1.165) is 30.2 Å². The molecule has 114 valence electrons. The molecule has 1 N–H and O–H groups in total. The van der Waals surface area contributed by atoms with Gasteiger partial charge in [0, 0.05) is 31.5 Å². The van der Waals surface area contributed by atoms with Gasteiger partial charge in [-0.25, -0.2) is 9.97 Å². The average molecular weight is 296 g/mol. The van der Waals surface area contributed by atoms with E-state index < -0.39 is 0 Å². The lowest BCUT2D eigenvalue weighted by Crippen LogP contribution is -2.24. The van der Waals surface area contributed by atoms with E-state index in [1.54, 1.807) is 6.07 Å². The summed E-state index contributed by atoms with van der Waals surface area (Å²) in [5.41, 5.74) is 2.27. The largest absolute Gasteiger partial charge is 0.357 e. The maximum absolute atomic E-state index is 12.0. The minimum atomic E-state index is -0.160. The van der Waals surface area contributed by atoms with E-state index in [1.165, 1.54) is 12.8 Å². The topological polar surface area (TPSA) is 58.1 Å². The fourth-order valence-corrected chi connectivity index (χ4v) is 2.60. The molecule has 1 fully saturated rings. The van der Waals surface area contributed by atoms with Gasteiger partial charge in [0.05, 0.1) is 0 Å². The van der Waals surface area contributed by atoms with Crippen LogP contribution in [0.25, 0.3) is 0 Å². The number of hydrogen-bond donors (Lipinski definition) is 1. The third kappa shape index (κ3) is 3.42. The third-order valence-electron chi connectivity index (χ3n) is 3.81. The van der Waals surface area contributed by atoms with Crippen molar-refractivity contribution >= 4 is 11.7 Å². The van der Waals surface area contributed by atoms with Crippen LogP contribution in [0.15, 0.2) is 36.5 Å². The Morgan fingerprint density at radius 3 is 2.73 bits per heavy atom. The molecule has 0 bridgehead atoms. The smallest absolute Gasteiger partial charge is 0.270 e. The molecule has 3 heterocycles. The molecule has 1 aliphatic heterocycles. The standard InChI is InChI=1S/C17H20N4O/c1-13-5-4-6-15(20-13)17(22)19-12-14-7-8-16(18-11-14)21-9-2-3-10-21/h4-8,11H,2-3,9-10,12H2,1H3,(H,19,22). The monoisotopic (exact) mass is 296 g/mol. The highest BCUT2D eigenvalue weighted by Gasteiger charge is 2.13. The lowest BCUT2D eigenvalue weighted by molar-refractivity contribution is 0.0945. The van der Waals surface area contributed by atoms with Gasteiger partial charge in [-0.3, -0.25) is 4.79 Å². The molecular weight excluding hydrogens is 276 g/mol. The molecule has 0 radical (unpaired) electrons. The maximum atomic E-state index is 12.0. The van der Waals surface area contributed by atoms with Crippen LogP contribution in [0.3, 0.4) is 0 Å². The summed E-state index contributed by atoms with van der Waals surface area (Å²) >= 11 is 0. The van der Waals surface area contributed by atoms with Crippen molar-refractivity contribution in [3.8, 4) is 0 Å². The average Bonchev–Trinajstić information content (AvgIpc) is 3.07. The van der Waals surface area contributed by atoms with Gasteiger partial charge in [-0.2, -0.15) is 0 Å². The van der Waals surface area contributed by atoms with Crippen molar-refractivity contribution in [1.82, 2.24) is 15.3 Å². The van der Waals surface area contributed by atoms with Gasteiger partial charge in [0.2, 0.25) is 0 Å². The highest BCUT2D eigenvalue weighted by molar-refractivity contribution is 5.92. The van der Waals surface area contributed by atoms with Gasteiger partial charge in [0.25, 0.3) is 5.91 Å².